The number of aromatic nitrogens is 1. The maximum Gasteiger partial charge on any atom is 0.0959 e. The van der Waals surface area contributed by atoms with Crippen molar-refractivity contribution in [2.75, 3.05) is 0 Å². The quantitative estimate of drug-likeness (QED) is 0.707. The van der Waals surface area contributed by atoms with Crippen LogP contribution in [0.15, 0.2) is 11.6 Å². The van der Waals surface area contributed by atoms with Crippen LogP contribution in [0.2, 0.25) is 0 Å². The van der Waals surface area contributed by atoms with E-state index in [1.54, 1.807) is 11.3 Å². The Morgan fingerprint density at radius 2 is 2.27 bits per heavy atom. The summed E-state index contributed by atoms with van der Waals surface area (Å²) in [5.74, 6) is 2.11. The molecule has 1 heterocycles. The molecular weight excluding hydrogens is 226 g/mol. The minimum Gasteiger partial charge on any atom is -0.249 e. The van der Waals surface area contributed by atoms with Gasteiger partial charge < -0.3 is 0 Å². The van der Waals surface area contributed by atoms with E-state index in [0.717, 1.165) is 18.3 Å². The summed E-state index contributed by atoms with van der Waals surface area (Å²) in [5.41, 5.74) is 0. The summed E-state index contributed by atoms with van der Waals surface area (Å²) in [6.45, 7) is 4.64. The van der Waals surface area contributed by atoms with Crippen LogP contribution in [0.5, 0.6) is 0 Å². The Bertz CT molecular complexity index is 297. The van der Waals surface area contributed by atoms with Gasteiger partial charge in [-0.2, -0.15) is 0 Å². The highest BCUT2D eigenvalue weighted by atomic mass is 35.5. The summed E-state index contributed by atoms with van der Waals surface area (Å²) in [7, 11) is 0. The van der Waals surface area contributed by atoms with Gasteiger partial charge in [0.1, 0.15) is 0 Å². The highest BCUT2D eigenvalue weighted by Crippen LogP contribution is 2.43. The Morgan fingerprint density at radius 3 is 2.87 bits per heavy atom. The molecule has 3 atom stereocenters. The van der Waals surface area contributed by atoms with Crippen LogP contribution in [-0.2, 0) is 0 Å². The monoisotopic (exact) mass is 243 g/mol. The lowest BCUT2D eigenvalue weighted by atomic mass is 9.73. The summed E-state index contributed by atoms with van der Waals surface area (Å²) in [6, 6.07) is 0. The first-order valence-electron chi connectivity index (χ1n) is 5.72. The van der Waals surface area contributed by atoms with Crippen LogP contribution in [0.1, 0.15) is 44.0 Å². The lowest BCUT2D eigenvalue weighted by molar-refractivity contribution is 0.240. The van der Waals surface area contributed by atoms with Crippen LogP contribution in [0.3, 0.4) is 0 Å². The first kappa shape index (κ1) is 11.4. The third-order valence-electron chi connectivity index (χ3n) is 3.46. The van der Waals surface area contributed by atoms with Crippen molar-refractivity contribution in [3.8, 4) is 0 Å². The number of alkyl halides is 1. The number of hydrogen-bond acceptors (Lipinski definition) is 2. The van der Waals surface area contributed by atoms with Crippen molar-refractivity contribution in [2.24, 2.45) is 11.8 Å². The second kappa shape index (κ2) is 4.84. The van der Waals surface area contributed by atoms with Crippen molar-refractivity contribution in [3.63, 3.8) is 0 Å². The van der Waals surface area contributed by atoms with Crippen molar-refractivity contribution >= 4 is 22.9 Å². The smallest absolute Gasteiger partial charge is 0.0959 e. The highest BCUT2D eigenvalue weighted by molar-refractivity contribution is 7.09. The normalized spacial score (nSPS) is 32.1. The van der Waals surface area contributed by atoms with Crippen LogP contribution in [0, 0.1) is 11.8 Å². The topological polar surface area (TPSA) is 12.9 Å². The van der Waals surface area contributed by atoms with E-state index in [9.17, 15) is 0 Å². The molecule has 3 heteroatoms. The van der Waals surface area contributed by atoms with Gasteiger partial charge in [0.2, 0.25) is 0 Å². The molecule has 0 radical (unpaired) electrons. The van der Waals surface area contributed by atoms with Gasteiger partial charge in [-0.1, -0.05) is 13.8 Å². The molecule has 3 unspecified atom stereocenters. The van der Waals surface area contributed by atoms with E-state index in [1.165, 1.54) is 17.8 Å². The summed E-state index contributed by atoms with van der Waals surface area (Å²) in [6.07, 6.45) is 5.45. The largest absolute Gasteiger partial charge is 0.249 e. The molecular formula is C12H18ClNS. The van der Waals surface area contributed by atoms with Crippen LogP contribution in [0.25, 0.3) is 0 Å². The van der Waals surface area contributed by atoms with E-state index in [0.29, 0.717) is 11.3 Å². The predicted molar refractivity (Wildman–Crippen MR) is 66.7 cm³/mol. The molecule has 1 aromatic rings. The second-order valence-electron chi connectivity index (χ2n) is 4.80. The molecule has 1 aliphatic carbocycles. The van der Waals surface area contributed by atoms with E-state index < -0.39 is 0 Å². The Morgan fingerprint density at radius 1 is 1.47 bits per heavy atom. The summed E-state index contributed by atoms with van der Waals surface area (Å²) >= 11 is 8.06. The van der Waals surface area contributed by atoms with Crippen molar-refractivity contribution in [2.45, 2.75) is 44.4 Å². The Labute approximate surface area is 101 Å². The molecule has 1 fully saturated rings. The van der Waals surface area contributed by atoms with Gasteiger partial charge in [-0.25, -0.2) is 4.98 Å². The summed E-state index contributed by atoms with van der Waals surface area (Å²) in [4.78, 5) is 4.47. The molecule has 0 saturated heterocycles. The van der Waals surface area contributed by atoms with Gasteiger partial charge in [-0.05, 0) is 31.1 Å². The van der Waals surface area contributed by atoms with E-state index in [2.05, 4.69) is 24.2 Å². The van der Waals surface area contributed by atoms with Crippen molar-refractivity contribution in [3.05, 3.63) is 16.6 Å². The van der Waals surface area contributed by atoms with Gasteiger partial charge in [0.25, 0.3) is 0 Å². The maximum atomic E-state index is 6.28. The summed E-state index contributed by atoms with van der Waals surface area (Å²) < 4.78 is 0. The average Bonchev–Trinajstić information content (AvgIpc) is 2.69. The van der Waals surface area contributed by atoms with E-state index in [4.69, 9.17) is 11.6 Å². The zero-order valence-corrected chi connectivity index (χ0v) is 10.9. The van der Waals surface area contributed by atoms with Gasteiger partial charge in [0.15, 0.2) is 0 Å². The number of halogens is 1. The number of thiazole rings is 1. The molecule has 0 bridgehead atoms. The Hall–Kier alpha value is -0.0800. The van der Waals surface area contributed by atoms with Crippen LogP contribution in [-0.4, -0.2) is 10.4 Å². The lowest BCUT2D eigenvalue weighted by Crippen LogP contribution is -2.27. The van der Waals surface area contributed by atoms with Gasteiger partial charge in [0.05, 0.1) is 5.01 Å². The van der Waals surface area contributed by atoms with Crippen molar-refractivity contribution < 1.29 is 0 Å². The molecule has 84 valence electrons. The second-order valence-corrected chi connectivity index (χ2v) is 6.34. The van der Waals surface area contributed by atoms with Gasteiger partial charge in [-0.15, -0.1) is 22.9 Å². The van der Waals surface area contributed by atoms with E-state index in [-0.39, 0.29) is 0 Å². The van der Waals surface area contributed by atoms with Crippen molar-refractivity contribution in [1.29, 1.82) is 0 Å². The molecule has 0 N–H and O–H groups in total. The van der Waals surface area contributed by atoms with Gasteiger partial charge in [0, 0.05) is 22.9 Å². The van der Waals surface area contributed by atoms with Crippen molar-refractivity contribution in [1.82, 2.24) is 4.98 Å². The molecule has 15 heavy (non-hydrogen) atoms. The zero-order valence-electron chi connectivity index (χ0n) is 9.32. The predicted octanol–water partition coefficient (Wildman–Crippen LogP) is 4.29. The molecule has 0 spiro atoms. The number of hydrogen-bond donors (Lipinski definition) is 0. The van der Waals surface area contributed by atoms with Crippen LogP contribution in [0.4, 0.5) is 0 Å². The van der Waals surface area contributed by atoms with E-state index >= 15 is 0 Å². The van der Waals surface area contributed by atoms with Crippen LogP contribution >= 0.6 is 22.9 Å². The van der Waals surface area contributed by atoms with Gasteiger partial charge >= 0.3 is 0 Å². The third-order valence-corrected chi connectivity index (χ3v) is 4.77. The highest BCUT2D eigenvalue weighted by Gasteiger charge is 2.33. The third kappa shape index (κ3) is 2.54. The fourth-order valence-corrected chi connectivity index (χ4v) is 3.79. The standard InChI is InChI=1S/C12H18ClNS/c1-8(2)10-4-3-9(13)7-11(10)12-14-5-6-15-12/h5-6,8-11H,3-4,7H2,1-2H3. The SMILES string of the molecule is CC(C)C1CCC(Cl)CC1c1nccs1. The Balaban J connectivity index is 2.17. The van der Waals surface area contributed by atoms with Gasteiger partial charge in [-0.3, -0.25) is 0 Å². The maximum absolute atomic E-state index is 6.28. The molecule has 1 saturated carbocycles. The summed E-state index contributed by atoms with van der Waals surface area (Å²) in [5, 5.41) is 3.72. The zero-order chi connectivity index (χ0) is 10.8. The fourth-order valence-electron chi connectivity index (χ4n) is 2.64. The Kier molecular flexibility index (Phi) is 3.68. The average molecular weight is 244 g/mol. The number of nitrogens with zero attached hydrogens (tertiary/aromatic N) is 1. The minimum atomic E-state index is 0.355. The molecule has 0 amide bonds. The molecule has 1 nitrogen and oxygen atoms in total. The first-order valence-corrected chi connectivity index (χ1v) is 7.03. The van der Waals surface area contributed by atoms with Crippen LogP contribution < -0.4 is 0 Å². The molecule has 2 rings (SSSR count). The lowest BCUT2D eigenvalue weighted by Gasteiger charge is -2.35. The molecule has 0 aliphatic heterocycles. The number of rotatable bonds is 2. The molecule has 0 aromatic carbocycles. The molecule has 1 aliphatic rings. The minimum absolute atomic E-state index is 0.355. The molecule has 1 aromatic heterocycles. The first-order chi connectivity index (χ1) is 7.18. The van der Waals surface area contributed by atoms with E-state index in [1.807, 2.05) is 6.20 Å². The fraction of sp³-hybridized carbons (Fsp3) is 0.750.